The van der Waals surface area contributed by atoms with Gasteiger partial charge in [-0.3, -0.25) is 0 Å². The zero-order valence-electron chi connectivity index (χ0n) is 11.1. The van der Waals surface area contributed by atoms with Crippen LogP contribution >= 0.6 is 23.2 Å². The zero-order chi connectivity index (χ0) is 15.6. The van der Waals surface area contributed by atoms with Gasteiger partial charge in [0, 0.05) is 20.3 Å². The minimum atomic E-state index is -3.71. The molecule has 0 spiro atoms. The molecule has 1 N–H and O–H groups in total. The van der Waals surface area contributed by atoms with Crippen LogP contribution in [0.4, 0.5) is 11.5 Å². The fourth-order valence-electron chi connectivity index (χ4n) is 1.43. The van der Waals surface area contributed by atoms with Crippen LogP contribution in [0.3, 0.4) is 0 Å². The number of nitrogens with zero attached hydrogens (tertiary/aromatic N) is 4. The van der Waals surface area contributed by atoms with Gasteiger partial charge in [-0.2, -0.15) is 4.98 Å². The highest BCUT2D eigenvalue weighted by Gasteiger charge is 2.23. The third-order valence-electron chi connectivity index (χ3n) is 2.46. The van der Waals surface area contributed by atoms with E-state index in [4.69, 9.17) is 23.2 Å². The predicted molar refractivity (Wildman–Crippen MR) is 80.4 cm³/mol. The van der Waals surface area contributed by atoms with Crippen molar-refractivity contribution >= 4 is 44.7 Å². The van der Waals surface area contributed by atoms with Crippen LogP contribution in [-0.2, 0) is 10.0 Å². The Hall–Kier alpha value is -1.48. The Morgan fingerprint density at radius 2 is 1.95 bits per heavy atom. The molecule has 7 nitrogen and oxygen atoms in total. The van der Waals surface area contributed by atoms with Gasteiger partial charge in [-0.25, -0.2) is 22.7 Å². The van der Waals surface area contributed by atoms with E-state index >= 15 is 0 Å². The second-order valence-corrected chi connectivity index (χ2v) is 6.92. The number of halogens is 2. The first-order valence-corrected chi connectivity index (χ1v) is 7.84. The molecular formula is C11H11Cl2N5O2S. The van der Waals surface area contributed by atoms with Crippen LogP contribution < -0.4 is 5.32 Å². The van der Waals surface area contributed by atoms with Crippen LogP contribution in [0.1, 0.15) is 0 Å². The first kappa shape index (κ1) is 15.9. The van der Waals surface area contributed by atoms with Gasteiger partial charge >= 0.3 is 0 Å². The quantitative estimate of drug-likeness (QED) is 0.852. The number of aromatic nitrogens is 3. The summed E-state index contributed by atoms with van der Waals surface area (Å²) in [5.41, 5.74) is 0.239. The highest BCUT2D eigenvalue weighted by atomic mass is 35.5. The van der Waals surface area contributed by atoms with Gasteiger partial charge in [-0.05, 0) is 23.7 Å². The Morgan fingerprint density at radius 3 is 2.62 bits per heavy atom. The Bertz CT molecular complexity index is 767. The molecule has 10 heteroatoms. The third-order valence-corrected chi connectivity index (χ3v) is 4.70. The average molecular weight is 348 g/mol. The van der Waals surface area contributed by atoms with Gasteiger partial charge in [0.2, 0.25) is 5.28 Å². The van der Waals surface area contributed by atoms with Crippen LogP contribution in [0.15, 0.2) is 29.6 Å². The molecule has 2 aromatic heterocycles. The number of pyridine rings is 1. The van der Waals surface area contributed by atoms with E-state index < -0.39 is 10.0 Å². The Morgan fingerprint density at radius 1 is 1.24 bits per heavy atom. The molecule has 2 rings (SSSR count). The highest BCUT2D eigenvalue weighted by Crippen LogP contribution is 2.27. The largest absolute Gasteiger partial charge is 0.336 e. The van der Waals surface area contributed by atoms with Crippen molar-refractivity contribution in [3.63, 3.8) is 0 Å². The van der Waals surface area contributed by atoms with E-state index in [0.717, 1.165) is 4.31 Å². The molecule has 0 aliphatic heterocycles. The van der Waals surface area contributed by atoms with Gasteiger partial charge in [-0.1, -0.05) is 11.6 Å². The predicted octanol–water partition coefficient (Wildman–Crippen LogP) is 2.17. The number of sulfonamides is 1. The molecule has 0 aliphatic carbocycles. The summed E-state index contributed by atoms with van der Waals surface area (Å²) in [6, 6.07) is 3.14. The standard InChI is InChI=1S/C11H11Cl2N5O2S/c1-18(2)21(19,20)10-8(4-3-5-14-10)16-9-7(12)6-15-11(13)17-9/h3-6H,1-2H3,(H,15,16,17). The fourth-order valence-corrected chi connectivity index (χ4v) is 2.63. The first-order chi connectivity index (χ1) is 9.82. The van der Waals surface area contributed by atoms with Crippen LogP contribution in [0.25, 0.3) is 0 Å². The van der Waals surface area contributed by atoms with Crippen molar-refractivity contribution in [1.29, 1.82) is 0 Å². The average Bonchev–Trinajstić information content (AvgIpc) is 2.43. The zero-order valence-corrected chi connectivity index (χ0v) is 13.4. The van der Waals surface area contributed by atoms with E-state index in [2.05, 4.69) is 20.3 Å². The van der Waals surface area contributed by atoms with Crippen molar-refractivity contribution < 1.29 is 8.42 Å². The molecule has 0 radical (unpaired) electrons. The summed E-state index contributed by atoms with van der Waals surface area (Å²) in [5, 5.41) is 2.86. The first-order valence-electron chi connectivity index (χ1n) is 5.65. The number of nitrogens with one attached hydrogen (secondary N) is 1. The van der Waals surface area contributed by atoms with Crippen molar-refractivity contribution in [1.82, 2.24) is 19.3 Å². The summed E-state index contributed by atoms with van der Waals surface area (Å²) in [7, 11) is -0.872. The van der Waals surface area contributed by atoms with E-state index in [9.17, 15) is 8.42 Å². The van der Waals surface area contributed by atoms with Crippen molar-refractivity contribution in [2.45, 2.75) is 5.03 Å². The van der Waals surface area contributed by atoms with Crippen molar-refractivity contribution in [3.8, 4) is 0 Å². The lowest BCUT2D eigenvalue weighted by atomic mass is 10.4. The van der Waals surface area contributed by atoms with Gasteiger partial charge in [-0.15, -0.1) is 0 Å². The second-order valence-electron chi connectivity index (χ2n) is 4.10. The van der Waals surface area contributed by atoms with Gasteiger partial charge in [0.05, 0.1) is 11.9 Å². The lowest BCUT2D eigenvalue weighted by molar-refractivity contribution is 0.517. The molecule has 2 aromatic rings. The van der Waals surface area contributed by atoms with Gasteiger partial charge in [0.1, 0.15) is 5.02 Å². The fraction of sp³-hybridized carbons (Fsp3) is 0.182. The lowest BCUT2D eigenvalue weighted by Crippen LogP contribution is -2.24. The number of hydrogen-bond donors (Lipinski definition) is 1. The summed E-state index contributed by atoms with van der Waals surface area (Å²) in [5.74, 6) is 0.194. The van der Waals surface area contributed by atoms with E-state index in [-0.39, 0.29) is 26.8 Å². The number of hydrogen-bond acceptors (Lipinski definition) is 6. The lowest BCUT2D eigenvalue weighted by Gasteiger charge is -2.15. The molecule has 0 bridgehead atoms. The molecule has 0 fully saturated rings. The molecule has 0 aliphatic rings. The summed E-state index contributed by atoms with van der Waals surface area (Å²) in [6.07, 6.45) is 2.70. The topological polar surface area (TPSA) is 88.1 Å². The van der Waals surface area contributed by atoms with Crippen LogP contribution in [0.2, 0.25) is 10.3 Å². The minimum Gasteiger partial charge on any atom is -0.336 e. The molecule has 0 saturated carbocycles. The van der Waals surface area contributed by atoms with Gasteiger partial charge in [0.25, 0.3) is 10.0 Å². The summed E-state index contributed by atoms with van der Waals surface area (Å²) < 4.78 is 25.5. The molecule has 0 saturated heterocycles. The summed E-state index contributed by atoms with van der Waals surface area (Å²) >= 11 is 11.6. The Kier molecular flexibility index (Phi) is 4.62. The minimum absolute atomic E-state index is 0.0113. The highest BCUT2D eigenvalue weighted by molar-refractivity contribution is 7.89. The second kappa shape index (κ2) is 6.10. The Labute approximate surface area is 132 Å². The monoisotopic (exact) mass is 347 g/mol. The summed E-state index contributed by atoms with van der Waals surface area (Å²) in [6.45, 7) is 0. The van der Waals surface area contributed by atoms with Gasteiger partial charge in [0.15, 0.2) is 10.8 Å². The molecule has 0 unspecified atom stereocenters. The smallest absolute Gasteiger partial charge is 0.262 e. The molecule has 0 atom stereocenters. The van der Waals surface area contributed by atoms with E-state index in [1.807, 2.05) is 0 Å². The number of rotatable bonds is 4. The van der Waals surface area contributed by atoms with Crippen molar-refractivity contribution in [2.24, 2.45) is 0 Å². The SMILES string of the molecule is CN(C)S(=O)(=O)c1ncccc1Nc1nc(Cl)ncc1Cl. The maximum Gasteiger partial charge on any atom is 0.262 e. The Balaban J connectivity index is 2.49. The van der Waals surface area contributed by atoms with Crippen LogP contribution in [0, 0.1) is 0 Å². The van der Waals surface area contributed by atoms with Crippen molar-refractivity contribution in [2.75, 3.05) is 19.4 Å². The van der Waals surface area contributed by atoms with E-state index in [1.165, 1.54) is 26.5 Å². The van der Waals surface area contributed by atoms with Crippen molar-refractivity contribution in [3.05, 3.63) is 34.8 Å². The maximum atomic E-state index is 12.2. The molecule has 2 heterocycles. The number of anilines is 2. The van der Waals surface area contributed by atoms with Gasteiger partial charge < -0.3 is 5.32 Å². The van der Waals surface area contributed by atoms with Crippen LogP contribution in [-0.4, -0.2) is 41.8 Å². The molecular weight excluding hydrogens is 337 g/mol. The summed E-state index contributed by atoms with van der Waals surface area (Å²) in [4.78, 5) is 11.5. The normalized spacial score (nSPS) is 11.7. The van der Waals surface area contributed by atoms with Crippen LogP contribution in [0.5, 0.6) is 0 Å². The van der Waals surface area contributed by atoms with E-state index in [0.29, 0.717) is 0 Å². The maximum absolute atomic E-state index is 12.2. The molecule has 0 amide bonds. The molecule has 0 aromatic carbocycles. The molecule has 112 valence electrons. The molecule has 21 heavy (non-hydrogen) atoms. The third kappa shape index (κ3) is 3.41. The van der Waals surface area contributed by atoms with E-state index in [1.54, 1.807) is 12.1 Å².